The third-order valence-electron chi connectivity index (χ3n) is 3.14. The summed E-state index contributed by atoms with van der Waals surface area (Å²) in [5, 5.41) is 0. The Balaban J connectivity index is 2.15. The van der Waals surface area contributed by atoms with Gasteiger partial charge in [-0.1, -0.05) is 6.07 Å². The predicted octanol–water partition coefficient (Wildman–Crippen LogP) is 0.798. The third-order valence-corrected chi connectivity index (χ3v) is 5.07. The number of likely N-dealkylation sites (N-methyl/N-ethyl adjacent to an activating group) is 1. The summed E-state index contributed by atoms with van der Waals surface area (Å²) in [6.07, 6.45) is 3.78. The molecular formula is C14H18N4O2S. The SMILES string of the molecule is CN(CCc1ccccn1)S(=O)(=O)c1cccnc1CN. The number of rotatable bonds is 6. The fourth-order valence-corrected chi connectivity index (χ4v) is 3.27. The molecule has 112 valence electrons. The van der Waals surface area contributed by atoms with Gasteiger partial charge in [0.25, 0.3) is 0 Å². The lowest BCUT2D eigenvalue weighted by atomic mass is 10.3. The van der Waals surface area contributed by atoms with Crippen LogP contribution in [0.25, 0.3) is 0 Å². The van der Waals surface area contributed by atoms with E-state index in [9.17, 15) is 8.42 Å². The topological polar surface area (TPSA) is 89.2 Å². The first kappa shape index (κ1) is 15.6. The monoisotopic (exact) mass is 306 g/mol. The first-order valence-electron chi connectivity index (χ1n) is 6.56. The maximum atomic E-state index is 12.5. The number of hydrogen-bond donors (Lipinski definition) is 1. The van der Waals surface area contributed by atoms with Crippen molar-refractivity contribution in [1.29, 1.82) is 0 Å². The van der Waals surface area contributed by atoms with Crippen LogP contribution in [0.1, 0.15) is 11.4 Å². The summed E-state index contributed by atoms with van der Waals surface area (Å²) in [5.41, 5.74) is 6.79. The van der Waals surface area contributed by atoms with E-state index in [0.29, 0.717) is 18.7 Å². The van der Waals surface area contributed by atoms with Gasteiger partial charge in [-0.3, -0.25) is 9.97 Å². The second kappa shape index (κ2) is 6.75. The summed E-state index contributed by atoms with van der Waals surface area (Å²) in [6, 6.07) is 8.70. The number of hydrogen-bond acceptors (Lipinski definition) is 5. The molecule has 2 aromatic rings. The van der Waals surface area contributed by atoms with E-state index in [4.69, 9.17) is 5.73 Å². The van der Waals surface area contributed by atoms with Gasteiger partial charge in [0.05, 0.1) is 5.69 Å². The van der Waals surface area contributed by atoms with Crippen LogP contribution >= 0.6 is 0 Å². The van der Waals surface area contributed by atoms with Gasteiger partial charge in [-0.2, -0.15) is 0 Å². The number of sulfonamides is 1. The molecule has 0 saturated heterocycles. The number of aromatic nitrogens is 2. The lowest BCUT2D eigenvalue weighted by molar-refractivity contribution is 0.469. The first-order valence-corrected chi connectivity index (χ1v) is 8.00. The van der Waals surface area contributed by atoms with Crippen molar-refractivity contribution in [3.63, 3.8) is 0 Å². The van der Waals surface area contributed by atoms with Crippen molar-refractivity contribution in [3.8, 4) is 0 Å². The molecule has 7 heteroatoms. The van der Waals surface area contributed by atoms with E-state index in [1.807, 2.05) is 18.2 Å². The molecule has 0 atom stereocenters. The van der Waals surface area contributed by atoms with E-state index < -0.39 is 10.0 Å². The Kier molecular flexibility index (Phi) is 5.00. The van der Waals surface area contributed by atoms with Crippen LogP contribution in [-0.2, 0) is 23.0 Å². The zero-order chi connectivity index (χ0) is 15.3. The Bertz CT molecular complexity index is 689. The molecule has 6 nitrogen and oxygen atoms in total. The normalized spacial score (nSPS) is 11.8. The van der Waals surface area contributed by atoms with E-state index in [-0.39, 0.29) is 11.4 Å². The predicted molar refractivity (Wildman–Crippen MR) is 79.9 cm³/mol. The summed E-state index contributed by atoms with van der Waals surface area (Å²) in [5.74, 6) is 0. The fraction of sp³-hybridized carbons (Fsp3) is 0.286. The third kappa shape index (κ3) is 3.63. The van der Waals surface area contributed by atoms with Crippen LogP contribution in [0.2, 0.25) is 0 Å². The second-order valence-corrected chi connectivity index (χ2v) is 6.56. The Hall–Kier alpha value is -1.83. The lowest BCUT2D eigenvalue weighted by Gasteiger charge is -2.18. The van der Waals surface area contributed by atoms with Crippen LogP contribution in [0.5, 0.6) is 0 Å². The van der Waals surface area contributed by atoms with Crippen molar-refractivity contribution in [2.45, 2.75) is 17.9 Å². The van der Waals surface area contributed by atoms with Gasteiger partial charge < -0.3 is 5.73 Å². The zero-order valence-corrected chi connectivity index (χ0v) is 12.6. The molecule has 0 saturated carbocycles. The van der Waals surface area contributed by atoms with E-state index >= 15 is 0 Å². The summed E-state index contributed by atoms with van der Waals surface area (Å²) in [4.78, 5) is 8.37. The van der Waals surface area contributed by atoms with Gasteiger partial charge in [-0.05, 0) is 24.3 Å². The fourth-order valence-electron chi connectivity index (χ4n) is 1.92. The first-order chi connectivity index (χ1) is 10.1. The van der Waals surface area contributed by atoms with Crippen LogP contribution < -0.4 is 5.73 Å². The highest BCUT2D eigenvalue weighted by Gasteiger charge is 2.23. The average molecular weight is 306 g/mol. The summed E-state index contributed by atoms with van der Waals surface area (Å²) in [6.45, 7) is 0.432. The average Bonchev–Trinajstić information content (AvgIpc) is 2.53. The number of nitrogens with zero attached hydrogens (tertiary/aromatic N) is 3. The van der Waals surface area contributed by atoms with Gasteiger partial charge in [0.15, 0.2) is 0 Å². The highest BCUT2D eigenvalue weighted by Crippen LogP contribution is 2.17. The van der Waals surface area contributed by atoms with Crippen molar-refractivity contribution in [2.24, 2.45) is 5.73 Å². The van der Waals surface area contributed by atoms with Crippen LogP contribution in [0.4, 0.5) is 0 Å². The quantitative estimate of drug-likeness (QED) is 0.852. The van der Waals surface area contributed by atoms with Crippen molar-refractivity contribution in [1.82, 2.24) is 14.3 Å². The van der Waals surface area contributed by atoms with Crippen molar-refractivity contribution in [3.05, 3.63) is 54.1 Å². The molecule has 2 N–H and O–H groups in total. The van der Waals surface area contributed by atoms with E-state index in [0.717, 1.165) is 5.69 Å². The Morgan fingerprint density at radius 2 is 1.90 bits per heavy atom. The summed E-state index contributed by atoms with van der Waals surface area (Å²) >= 11 is 0. The van der Waals surface area contributed by atoms with Crippen molar-refractivity contribution in [2.75, 3.05) is 13.6 Å². The highest BCUT2D eigenvalue weighted by atomic mass is 32.2. The Morgan fingerprint density at radius 1 is 1.14 bits per heavy atom. The molecule has 0 fully saturated rings. The molecular weight excluding hydrogens is 288 g/mol. The maximum Gasteiger partial charge on any atom is 0.244 e. The number of nitrogens with two attached hydrogens (primary N) is 1. The van der Waals surface area contributed by atoms with Gasteiger partial charge >= 0.3 is 0 Å². The van der Waals surface area contributed by atoms with Crippen molar-refractivity contribution >= 4 is 10.0 Å². The molecule has 0 radical (unpaired) electrons. The van der Waals surface area contributed by atoms with Gasteiger partial charge in [-0.25, -0.2) is 12.7 Å². The standard InChI is InChI=1S/C14H18N4O2S/c1-18(10-7-12-5-2-3-8-16-12)21(19,20)14-6-4-9-17-13(14)11-15/h2-6,8-9H,7,10-11,15H2,1H3. The second-order valence-electron chi connectivity index (χ2n) is 4.55. The van der Waals surface area contributed by atoms with Crippen LogP contribution in [0, 0.1) is 0 Å². The van der Waals surface area contributed by atoms with Crippen molar-refractivity contribution < 1.29 is 8.42 Å². The minimum Gasteiger partial charge on any atom is -0.325 e. The lowest BCUT2D eigenvalue weighted by Crippen LogP contribution is -2.30. The largest absolute Gasteiger partial charge is 0.325 e. The van der Waals surface area contributed by atoms with E-state index in [2.05, 4.69) is 9.97 Å². The minimum atomic E-state index is -3.59. The van der Waals surface area contributed by atoms with Crippen LogP contribution in [0.15, 0.2) is 47.6 Å². The molecule has 0 aromatic carbocycles. The zero-order valence-electron chi connectivity index (χ0n) is 11.8. The Morgan fingerprint density at radius 3 is 2.57 bits per heavy atom. The van der Waals surface area contributed by atoms with E-state index in [1.165, 1.54) is 16.6 Å². The van der Waals surface area contributed by atoms with E-state index in [1.54, 1.807) is 19.3 Å². The van der Waals surface area contributed by atoms with Crippen LogP contribution in [-0.4, -0.2) is 36.3 Å². The van der Waals surface area contributed by atoms with Gasteiger partial charge in [0, 0.05) is 44.6 Å². The van der Waals surface area contributed by atoms with Crippen LogP contribution in [0.3, 0.4) is 0 Å². The minimum absolute atomic E-state index is 0.0868. The summed E-state index contributed by atoms with van der Waals surface area (Å²) < 4.78 is 26.4. The molecule has 0 amide bonds. The molecule has 2 rings (SSSR count). The number of pyridine rings is 2. The van der Waals surface area contributed by atoms with Gasteiger partial charge in [-0.15, -0.1) is 0 Å². The van der Waals surface area contributed by atoms with Gasteiger partial charge in [0.2, 0.25) is 10.0 Å². The molecule has 2 heterocycles. The molecule has 0 bridgehead atoms. The molecule has 2 aromatic heterocycles. The Labute approximate surface area is 124 Å². The molecule has 0 unspecified atom stereocenters. The molecule has 0 aliphatic heterocycles. The maximum absolute atomic E-state index is 12.5. The molecule has 0 aliphatic carbocycles. The van der Waals surface area contributed by atoms with Gasteiger partial charge in [0.1, 0.15) is 4.90 Å². The molecule has 0 aliphatic rings. The smallest absolute Gasteiger partial charge is 0.244 e. The highest BCUT2D eigenvalue weighted by molar-refractivity contribution is 7.89. The molecule has 0 spiro atoms. The summed E-state index contributed by atoms with van der Waals surface area (Å²) in [7, 11) is -2.04. The molecule has 21 heavy (non-hydrogen) atoms.